The first kappa shape index (κ1) is 11.6. The third-order valence-electron chi connectivity index (χ3n) is 3.78. The second kappa shape index (κ2) is 4.99. The van der Waals surface area contributed by atoms with E-state index in [1.165, 1.54) is 47.1 Å². The van der Waals surface area contributed by atoms with Crippen molar-refractivity contribution in [3.05, 3.63) is 35.2 Å². The number of hydrogen-bond acceptors (Lipinski definition) is 1. The van der Waals surface area contributed by atoms with E-state index < -0.39 is 0 Å². The molecule has 0 aliphatic heterocycles. The van der Waals surface area contributed by atoms with E-state index in [0.717, 1.165) is 0 Å². The van der Waals surface area contributed by atoms with Gasteiger partial charge in [0.1, 0.15) is 0 Å². The summed E-state index contributed by atoms with van der Waals surface area (Å²) >= 11 is 8.53. The average Bonchev–Trinajstić information content (AvgIpc) is 2.82. The minimum atomic E-state index is 0.229. The van der Waals surface area contributed by atoms with Crippen LogP contribution in [0.15, 0.2) is 30.3 Å². The Morgan fingerprint density at radius 3 is 2.65 bits per heavy atom. The molecule has 1 aliphatic carbocycles. The molecule has 0 spiro atoms. The molecule has 3 rings (SSSR count). The zero-order valence-electron chi connectivity index (χ0n) is 9.86. The van der Waals surface area contributed by atoms with E-state index >= 15 is 0 Å². The smallest absolute Gasteiger partial charge is 0.0707 e. The number of halogens is 1. The van der Waals surface area contributed by atoms with Crippen LogP contribution in [0.3, 0.4) is 0 Å². The number of thiophene rings is 1. The van der Waals surface area contributed by atoms with Gasteiger partial charge in [-0.25, -0.2) is 0 Å². The lowest BCUT2D eigenvalue weighted by Gasteiger charge is -2.25. The maximum absolute atomic E-state index is 6.67. The first-order valence-electron chi connectivity index (χ1n) is 6.47. The average molecular weight is 265 g/mol. The van der Waals surface area contributed by atoms with Gasteiger partial charge in [-0.05, 0) is 36.3 Å². The van der Waals surface area contributed by atoms with Crippen LogP contribution < -0.4 is 0 Å². The van der Waals surface area contributed by atoms with Crippen molar-refractivity contribution < 1.29 is 0 Å². The van der Waals surface area contributed by atoms with Gasteiger partial charge in [-0.2, -0.15) is 0 Å². The van der Waals surface area contributed by atoms with Crippen LogP contribution in [0.5, 0.6) is 0 Å². The van der Waals surface area contributed by atoms with Crippen molar-refractivity contribution in [3.8, 4) is 0 Å². The largest absolute Gasteiger partial charge is 0.139 e. The summed E-state index contributed by atoms with van der Waals surface area (Å²) in [7, 11) is 0. The van der Waals surface area contributed by atoms with Crippen LogP contribution in [0.2, 0.25) is 0 Å². The van der Waals surface area contributed by atoms with Crippen LogP contribution in [-0.4, -0.2) is 0 Å². The van der Waals surface area contributed by atoms with Gasteiger partial charge >= 0.3 is 0 Å². The maximum Gasteiger partial charge on any atom is 0.0707 e. The summed E-state index contributed by atoms with van der Waals surface area (Å²) in [4.78, 5) is 1.36. The van der Waals surface area contributed by atoms with Gasteiger partial charge in [0.15, 0.2) is 0 Å². The Bertz CT molecular complexity index is 463. The van der Waals surface area contributed by atoms with Crippen molar-refractivity contribution in [1.82, 2.24) is 0 Å². The van der Waals surface area contributed by atoms with E-state index in [4.69, 9.17) is 11.6 Å². The fraction of sp³-hybridized carbons (Fsp3) is 0.467. The summed E-state index contributed by atoms with van der Waals surface area (Å²) in [5.41, 5.74) is 0. The van der Waals surface area contributed by atoms with E-state index in [-0.39, 0.29) is 5.38 Å². The van der Waals surface area contributed by atoms with Crippen LogP contribution in [0.4, 0.5) is 0 Å². The summed E-state index contributed by atoms with van der Waals surface area (Å²) in [5.74, 6) is 0.693. The lowest BCUT2D eigenvalue weighted by Crippen LogP contribution is -2.11. The van der Waals surface area contributed by atoms with Gasteiger partial charge in [0.2, 0.25) is 0 Å². The highest BCUT2D eigenvalue weighted by Crippen LogP contribution is 2.42. The topological polar surface area (TPSA) is 0 Å². The third kappa shape index (κ3) is 2.36. The number of alkyl halides is 1. The molecule has 0 saturated heterocycles. The van der Waals surface area contributed by atoms with Crippen LogP contribution >= 0.6 is 22.9 Å². The summed E-state index contributed by atoms with van der Waals surface area (Å²) in [6.45, 7) is 0. The molecule has 0 bridgehead atoms. The van der Waals surface area contributed by atoms with Crippen molar-refractivity contribution >= 4 is 33.0 Å². The van der Waals surface area contributed by atoms with E-state index in [0.29, 0.717) is 5.92 Å². The molecule has 1 aromatic heterocycles. The van der Waals surface area contributed by atoms with Gasteiger partial charge in [0.25, 0.3) is 0 Å². The molecule has 1 saturated carbocycles. The first-order chi connectivity index (χ1) is 8.34. The lowest BCUT2D eigenvalue weighted by atomic mass is 9.86. The van der Waals surface area contributed by atoms with Crippen LogP contribution in [0.1, 0.15) is 42.4 Å². The number of hydrogen-bond donors (Lipinski definition) is 0. The van der Waals surface area contributed by atoms with Crippen molar-refractivity contribution in [2.75, 3.05) is 0 Å². The second-order valence-corrected chi connectivity index (χ2v) is 6.57. The highest BCUT2D eigenvalue weighted by molar-refractivity contribution is 7.19. The molecule has 2 heteroatoms. The molecule has 0 N–H and O–H groups in total. The number of rotatable bonds is 2. The molecule has 90 valence electrons. The molecule has 1 aliphatic rings. The Balaban J connectivity index is 1.86. The zero-order chi connectivity index (χ0) is 11.7. The van der Waals surface area contributed by atoms with Crippen molar-refractivity contribution in [2.45, 2.75) is 37.5 Å². The SMILES string of the molecule is ClC(c1cc2ccccc2s1)C1CCCCC1. The van der Waals surface area contributed by atoms with E-state index in [1.807, 2.05) is 11.3 Å². The summed E-state index contributed by atoms with van der Waals surface area (Å²) < 4.78 is 1.36. The summed E-state index contributed by atoms with van der Waals surface area (Å²) in [6, 6.07) is 10.9. The monoisotopic (exact) mass is 264 g/mol. The molecular weight excluding hydrogens is 248 g/mol. The molecule has 1 aromatic carbocycles. The maximum atomic E-state index is 6.67. The summed E-state index contributed by atoms with van der Waals surface area (Å²) in [6.07, 6.45) is 6.73. The molecule has 1 fully saturated rings. The van der Waals surface area contributed by atoms with E-state index in [9.17, 15) is 0 Å². The molecule has 2 aromatic rings. The predicted molar refractivity (Wildman–Crippen MR) is 77.0 cm³/mol. The molecule has 17 heavy (non-hydrogen) atoms. The number of benzene rings is 1. The standard InChI is InChI=1S/C15H17ClS/c16-15(11-6-2-1-3-7-11)14-10-12-8-4-5-9-13(12)17-14/h4-5,8-11,15H,1-3,6-7H2. The minimum absolute atomic E-state index is 0.229. The predicted octanol–water partition coefficient (Wildman–Crippen LogP) is 5.76. The normalized spacial score (nSPS) is 19.6. The van der Waals surface area contributed by atoms with Gasteiger partial charge in [0.05, 0.1) is 5.38 Å². The highest BCUT2D eigenvalue weighted by Gasteiger charge is 2.24. The van der Waals surface area contributed by atoms with Crippen molar-refractivity contribution in [2.24, 2.45) is 5.92 Å². The second-order valence-electron chi connectivity index (χ2n) is 4.99. The Morgan fingerprint density at radius 1 is 1.12 bits per heavy atom. The van der Waals surface area contributed by atoms with E-state index in [1.54, 1.807) is 0 Å². The number of fused-ring (bicyclic) bond motifs is 1. The Kier molecular flexibility index (Phi) is 3.39. The minimum Gasteiger partial charge on any atom is -0.139 e. The third-order valence-corrected chi connectivity index (χ3v) is 5.70. The lowest BCUT2D eigenvalue weighted by molar-refractivity contribution is 0.350. The molecule has 0 radical (unpaired) electrons. The van der Waals surface area contributed by atoms with Gasteiger partial charge in [-0.15, -0.1) is 22.9 Å². The van der Waals surface area contributed by atoms with Gasteiger partial charge in [-0.1, -0.05) is 37.5 Å². The fourth-order valence-electron chi connectivity index (χ4n) is 2.80. The van der Waals surface area contributed by atoms with Crippen molar-refractivity contribution in [1.29, 1.82) is 0 Å². The molecule has 1 unspecified atom stereocenters. The first-order valence-corrected chi connectivity index (χ1v) is 7.72. The van der Waals surface area contributed by atoms with Gasteiger partial charge in [0, 0.05) is 9.58 Å². The highest BCUT2D eigenvalue weighted by atomic mass is 35.5. The van der Waals surface area contributed by atoms with E-state index in [2.05, 4.69) is 30.3 Å². The van der Waals surface area contributed by atoms with Crippen LogP contribution in [0, 0.1) is 5.92 Å². The Morgan fingerprint density at radius 2 is 1.88 bits per heavy atom. The molecule has 1 atom stereocenters. The Hall–Kier alpha value is -0.530. The fourth-order valence-corrected chi connectivity index (χ4v) is 4.38. The molecule has 0 amide bonds. The van der Waals surface area contributed by atoms with Crippen LogP contribution in [-0.2, 0) is 0 Å². The Labute approximate surface area is 112 Å². The summed E-state index contributed by atoms with van der Waals surface area (Å²) in [5, 5.41) is 1.57. The van der Waals surface area contributed by atoms with Gasteiger partial charge < -0.3 is 0 Å². The molecule has 0 nitrogen and oxygen atoms in total. The molecule has 1 heterocycles. The molecular formula is C15H17ClS. The van der Waals surface area contributed by atoms with Crippen LogP contribution in [0.25, 0.3) is 10.1 Å². The zero-order valence-corrected chi connectivity index (χ0v) is 11.4. The van der Waals surface area contributed by atoms with Gasteiger partial charge in [-0.3, -0.25) is 0 Å². The van der Waals surface area contributed by atoms with Crippen molar-refractivity contribution in [3.63, 3.8) is 0 Å². The quantitative estimate of drug-likeness (QED) is 0.605.